The van der Waals surface area contributed by atoms with Crippen molar-refractivity contribution in [3.05, 3.63) is 12.2 Å². The lowest BCUT2D eigenvalue weighted by atomic mass is 9.91. The lowest BCUT2D eigenvalue weighted by molar-refractivity contribution is -0.157. The Kier molecular flexibility index (Phi) is 33.3. The normalized spacial score (nSPS) is 26.1. The highest BCUT2D eigenvalue weighted by atomic mass is 16.5. The Labute approximate surface area is 530 Å². The third kappa shape index (κ3) is 23.3. The number of aliphatic hydroxyl groups is 1. The van der Waals surface area contributed by atoms with Gasteiger partial charge in [0.2, 0.25) is 65.0 Å². The Hall–Kier alpha value is -6.66. The average molecular weight is 1260 g/mol. The zero-order valence-corrected chi connectivity index (χ0v) is 58.1. The molecule has 1 fully saturated rings. The van der Waals surface area contributed by atoms with Gasteiger partial charge in [-0.05, 0) is 101 Å². The third-order valence-electron chi connectivity index (χ3n) is 16.4. The monoisotopic (exact) mass is 1260 g/mol. The second kappa shape index (κ2) is 36.9. The molecule has 0 radical (unpaired) electrons. The molecule has 0 saturated carbocycles. The average Bonchev–Trinajstić information content (AvgIpc) is 0.954. The molecular formula is C64H113N11O14. The molecular weight excluding hydrogens is 1150 g/mol. The molecule has 1 aliphatic heterocycles. The first kappa shape index (κ1) is 80.4. The van der Waals surface area contributed by atoms with E-state index in [1.54, 1.807) is 48.5 Å². The van der Waals surface area contributed by atoms with Gasteiger partial charge in [0.15, 0.2) is 0 Å². The number of carbonyl (C=O) groups excluding carboxylic acids is 12. The highest BCUT2D eigenvalue weighted by molar-refractivity contribution is 5.99. The van der Waals surface area contributed by atoms with Crippen molar-refractivity contribution in [1.29, 1.82) is 0 Å². The molecule has 0 aromatic carbocycles. The first-order chi connectivity index (χ1) is 41.1. The molecule has 25 heteroatoms. The van der Waals surface area contributed by atoms with Crippen LogP contribution in [0.25, 0.3) is 0 Å². The number of esters is 1. The van der Waals surface area contributed by atoms with Gasteiger partial charge in [0, 0.05) is 55.4 Å². The van der Waals surface area contributed by atoms with E-state index in [9.17, 15) is 53.1 Å². The maximum Gasteiger partial charge on any atom is 0.330 e. The molecule has 1 heterocycles. The van der Waals surface area contributed by atoms with Crippen LogP contribution in [0.3, 0.4) is 0 Å². The van der Waals surface area contributed by atoms with Gasteiger partial charge in [-0.2, -0.15) is 0 Å². The standard InChI is InChI=1S/C64H113N11O14/c1-25-44-60(84)69(18)34-49(76)70(19)45(30-35(3)4)57(81)68-51(39(11)12)63(87)71(20)46(31-36(5)6)56(80)65-42(16)55(79)66-43(17)59(83)72(21)47(32-37(7)8)61(85)73(22)48(33-38(9)10)62(86)74(23)52(40(13)14)64(88)75(24)53(58(82)67-44)54(78)41(15)28-27-29-50(77)89-26-2/h27,29,35-48,51-54,78H,25-26,28,30-34H2,1-24H3,(H,65,80)(H,66,79)(H,67,82)(H,68,81)/b29-27+/t41-,42-,43+,44-,45+,46-,47+,48+,51+,52-,53+,54-/m1/s1. The van der Waals surface area contributed by atoms with Gasteiger partial charge in [0.1, 0.15) is 60.4 Å². The second-order valence-corrected chi connectivity index (χ2v) is 26.7. The van der Waals surface area contributed by atoms with E-state index < -0.39 is 162 Å². The fraction of sp³-hybridized carbons (Fsp3) is 0.781. The van der Waals surface area contributed by atoms with Crippen LogP contribution in [0.4, 0.5) is 0 Å². The van der Waals surface area contributed by atoms with Gasteiger partial charge >= 0.3 is 5.97 Å². The van der Waals surface area contributed by atoms with Crippen molar-refractivity contribution in [2.45, 2.75) is 223 Å². The van der Waals surface area contributed by atoms with E-state index in [-0.39, 0.29) is 68.8 Å². The van der Waals surface area contributed by atoms with Crippen molar-refractivity contribution in [3.8, 4) is 0 Å². The van der Waals surface area contributed by atoms with E-state index in [2.05, 4.69) is 21.3 Å². The Morgan fingerprint density at radius 2 is 0.921 bits per heavy atom. The smallest absolute Gasteiger partial charge is 0.330 e. The summed E-state index contributed by atoms with van der Waals surface area (Å²) in [5.41, 5.74) is 0. The number of aliphatic hydroxyl groups excluding tert-OH is 1. The molecule has 0 aliphatic carbocycles. The number of rotatable bonds is 17. The van der Waals surface area contributed by atoms with Crippen molar-refractivity contribution < 1.29 is 67.4 Å². The number of amides is 11. The minimum Gasteiger partial charge on any atom is -0.463 e. The summed E-state index contributed by atoms with van der Waals surface area (Å²) in [6, 6.07) is -12.8. The van der Waals surface area contributed by atoms with Gasteiger partial charge in [0.05, 0.1) is 19.3 Å². The van der Waals surface area contributed by atoms with E-state index in [4.69, 9.17) is 4.74 Å². The fourth-order valence-electron chi connectivity index (χ4n) is 10.9. The number of allylic oxidation sites excluding steroid dienone is 1. The zero-order valence-electron chi connectivity index (χ0n) is 58.1. The molecule has 0 bridgehead atoms. The van der Waals surface area contributed by atoms with Crippen LogP contribution in [-0.2, 0) is 62.3 Å². The van der Waals surface area contributed by atoms with Crippen LogP contribution in [0.5, 0.6) is 0 Å². The lowest BCUT2D eigenvalue weighted by Crippen LogP contribution is -2.63. The van der Waals surface area contributed by atoms with Crippen LogP contribution in [0.1, 0.15) is 156 Å². The first-order valence-corrected chi connectivity index (χ1v) is 31.7. The largest absolute Gasteiger partial charge is 0.463 e. The summed E-state index contributed by atoms with van der Waals surface area (Å²) in [4.78, 5) is 181. The topological polar surface area (TPSA) is 305 Å². The number of likely N-dealkylation sites (N-methyl/N-ethyl adjacent to an activating group) is 7. The molecule has 89 heavy (non-hydrogen) atoms. The second-order valence-electron chi connectivity index (χ2n) is 26.7. The molecule has 1 saturated heterocycles. The lowest BCUT2D eigenvalue weighted by Gasteiger charge is -2.41. The molecule has 12 atom stereocenters. The van der Waals surface area contributed by atoms with Crippen molar-refractivity contribution in [3.63, 3.8) is 0 Å². The van der Waals surface area contributed by atoms with E-state index in [0.29, 0.717) is 0 Å². The van der Waals surface area contributed by atoms with Crippen molar-refractivity contribution in [2.75, 3.05) is 62.5 Å². The van der Waals surface area contributed by atoms with Gasteiger partial charge in [-0.1, -0.05) is 103 Å². The fourth-order valence-corrected chi connectivity index (χ4v) is 10.9. The summed E-state index contributed by atoms with van der Waals surface area (Å²) in [6.45, 7) is 28.9. The minimum atomic E-state index is -1.73. The number of nitrogens with zero attached hydrogens (tertiary/aromatic N) is 7. The van der Waals surface area contributed by atoms with Gasteiger partial charge in [-0.25, -0.2) is 4.79 Å². The number of ether oxygens (including phenoxy) is 1. The molecule has 0 aromatic rings. The van der Waals surface area contributed by atoms with Crippen LogP contribution in [0.15, 0.2) is 12.2 Å². The number of hydrogen-bond donors (Lipinski definition) is 5. The zero-order chi connectivity index (χ0) is 69.0. The van der Waals surface area contributed by atoms with Gasteiger partial charge in [-0.15, -0.1) is 0 Å². The highest BCUT2D eigenvalue weighted by Crippen LogP contribution is 2.26. The summed E-state index contributed by atoms with van der Waals surface area (Å²) >= 11 is 0. The number of nitrogens with one attached hydrogen (secondary N) is 4. The molecule has 0 unspecified atom stereocenters. The van der Waals surface area contributed by atoms with Crippen LogP contribution >= 0.6 is 0 Å². The predicted octanol–water partition coefficient (Wildman–Crippen LogP) is 2.81. The highest BCUT2D eigenvalue weighted by Gasteiger charge is 2.46. The molecule has 5 N–H and O–H groups in total. The Bertz CT molecular complexity index is 2470. The van der Waals surface area contributed by atoms with E-state index in [1.807, 2.05) is 55.4 Å². The molecule has 25 nitrogen and oxygen atoms in total. The molecule has 11 amide bonds. The van der Waals surface area contributed by atoms with E-state index >= 15 is 9.59 Å². The first-order valence-electron chi connectivity index (χ1n) is 31.7. The Morgan fingerprint density at radius 1 is 0.494 bits per heavy atom. The minimum absolute atomic E-state index is 0.0213. The van der Waals surface area contributed by atoms with Crippen LogP contribution < -0.4 is 21.3 Å². The van der Waals surface area contributed by atoms with Gasteiger partial charge in [0.25, 0.3) is 0 Å². The van der Waals surface area contributed by atoms with E-state index in [1.165, 1.54) is 99.8 Å². The number of hydrogen-bond acceptors (Lipinski definition) is 14. The third-order valence-corrected chi connectivity index (χ3v) is 16.4. The molecule has 1 aliphatic rings. The summed E-state index contributed by atoms with van der Waals surface area (Å²) in [5.74, 6) is -11.1. The predicted molar refractivity (Wildman–Crippen MR) is 339 cm³/mol. The number of carbonyl (C=O) groups is 12. The maximum atomic E-state index is 15.2. The van der Waals surface area contributed by atoms with Crippen LogP contribution in [0.2, 0.25) is 0 Å². The van der Waals surface area contributed by atoms with Gasteiger partial charge < -0.3 is 65.4 Å². The van der Waals surface area contributed by atoms with Crippen molar-refractivity contribution >= 4 is 70.9 Å². The van der Waals surface area contributed by atoms with Gasteiger partial charge in [-0.3, -0.25) is 52.7 Å². The summed E-state index contributed by atoms with van der Waals surface area (Å²) in [5, 5.41) is 23.1. The summed E-state index contributed by atoms with van der Waals surface area (Å²) in [6.07, 6.45) is 1.49. The maximum absolute atomic E-state index is 15.2. The van der Waals surface area contributed by atoms with Crippen molar-refractivity contribution in [1.82, 2.24) is 55.6 Å². The Balaban J connectivity index is 4.37. The molecule has 508 valence electrons. The van der Waals surface area contributed by atoms with Crippen LogP contribution in [-0.4, -0.2) is 239 Å². The van der Waals surface area contributed by atoms with E-state index in [0.717, 1.165) is 9.80 Å². The summed E-state index contributed by atoms with van der Waals surface area (Å²) < 4.78 is 5.01. The van der Waals surface area contributed by atoms with Crippen LogP contribution in [0, 0.1) is 41.4 Å². The molecule has 1 rings (SSSR count). The molecule has 0 aromatic heterocycles. The molecule has 0 spiro atoms. The Morgan fingerprint density at radius 3 is 1.38 bits per heavy atom. The quantitative estimate of drug-likeness (QED) is 0.103. The van der Waals surface area contributed by atoms with Crippen molar-refractivity contribution in [2.24, 2.45) is 41.4 Å². The SMILES string of the molecule is CCOC(=O)/C=C/C[C@@H](C)[C@@H](O)[C@H]1C(=O)N[C@H](CC)C(=O)N(C)CC(=O)N(C)[C@@H](CC(C)C)C(=O)N[C@@H](C(C)C)C(=O)N(C)[C@H](CC(C)C)C(=O)N[C@H](C)C(=O)N[C@@H](C)C(=O)N(C)[C@@H](CC(C)C)C(=O)N(C)[C@@H](CC(C)C)C(=O)N(C)[C@H](C(C)C)C(=O)N1C. The summed E-state index contributed by atoms with van der Waals surface area (Å²) in [7, 11) is 9.73.